The molecule has 12 heteroatoms. The number of nitrogens with one attached hydrogen (secondary N) is 3. The second-order valence-corrected chi connectivity index (χ2v) is 11.3. The minimum Gasteiger partial charge on any atom is -0.484 e. The van der Waals surface area contributed by atoms with Crippen LogP contribution in [0.25, 0.3) is 6.08 Å². The Balaban J connectivity index is 1.31. The lowest BCUT2D eigenvalue weighted by atomic mass is 10.0. The van der Waals surface area contributed by atoms with Gasteiger partial charge in [-0.2, -0.15) is 5.01 Å². The second kappa shape index (κ2) is 13.2. The largest absolute Gasteiger partial charge is 0.484 e. The molecule has 1 saturated heterocycles. The number of amides is 4. The Morgan fingerprint density at radius 1 is 1.02 bits per heavy atom. The van der Waals surface area contributed by atoms with Gasteiger partial charge in [0, 0.05) is 11.4 Å². The van der Waals surface area contributed by atoms with Crippen molar-refractivity contribution in [3.8, 4) is 5.75 Å². The quantitative estimate of drug-likeness (QED) is 0.185. The van der Waals surface area contributed by atoms with Gasteiger partial charge in [0.2, 0.25) is 0 Å². The Labute approximate surface area is 251 Å². The molecule has 0 radical (unpaired) electrons. The molecule has 1 aliphatic rings. The topological polar surface area (TPSA) is 99.8 Å². The lowest BCUT2D eigenvalue weighted by Gasteiger charge is -2.16. The Hall–Kier alpha value is -3.57. The SMILES string of the molecule is CC(C)c1ccccc1NC(=O)COc1ccc(/C=C2/SC(=S)N(NC(=O)Nc3ccc(Cl)c(Cl)c3)C2=O)cc1. The highest BCUT2D eigenvalue weighted by Gasteiger charge is 2.33. The Morgan fingerprint density at radius 3 is 2.45 bits per heavy atom. The number of thiocarbonyl (C=S) groups is 1. The molecule has 0 atom stereocenters. The summed E-state index contributed by atoms with van der Waals surface area (Å²) in [6.07, 6.45) is 1.65. The van der Waals surface area contributed by atoms with E-state index in [4.69, 9.17) is 40.2 Å². The van der Waals surface area contributed by atoms with Crippen molar-refractivity contribution in [2.24, 2.45) is 0 Å². The van der Waals surface area contributed by atoms with Crippen LogP contribution in [0.2, 0.25) is 10.0 Å². The fourth-order valence-electron chi connectivity index (χ4n) is 3.66. The van der Waals surface area contributed by atoms with Gasteiger partial charge in [-0.1, -0.05) is 79.1 Å². The smallest absolute Gasteiger partial charge is 0.338 e. The monoisotopic (exact) mass is 614 g/mol. The second-order valence-electron chi connectivity index (χ2n) is 8.86. The predicted octanol–water partition coefficient (Wildman–Crippen LogP) is 7.07. The van der Waals surface area contributed by atoms with Gasteiger partial charge in [0.1, 0.15) is 5.75 Å². The Morgan fingerprint density at radius 2 is 1.75 bits per heavy atom. The first-order chi connectivity index (χ1) is 19.1. The molecular weight excluding hydrogens is 591 g/mol. The molecule has 0 spiro atoms. The van der Waals surface area contributed by atoms with Crippen LogP contribution in [0.1, 0.15) is 30.9 Å². The average Bonchev–Trinajstić information content (AvgIpc) is 3.17. The number of urea groups is 1. The van der Waals surface area contributed by atoms with E-state index >= 15 is 0 Å². The van der Waals surface area contributed by atoms with Crippen molar-refractivity contribution in [3.05, 3.63) is 92.8 Å². The first-order valence-corrected chi connectivity index (χ1v) is 14.0. The molecule has 4 amide bonds. The zero-order chi connectivity index (χ0) is 28.8. The summed E-state index contributed by atoms with van der Waals surface area (Å²) in [7, 11) is 0. The molecule has 8 nitrogen and oxygen atoms in total. The maximum Gasteiger partial charge on any atom is 0.338 e. The minimum atomic E-state index is -0.672. The van der Waals surface area contributed by atoms with E-state index in [2.05, 4.69) is 29.9 Å². The zero-order valence-electron chi connectivity index (χ0n) is 21.4. The summed E-state index contributed by atoms with van der Waals surface area (Å²) in [6, 6.07) is 18.5. The number of hydrogen-bond acceptors (Lipinski definition) is 6. The molecule has 1 fully saturated rings. The number of anilines is 2. The van der Waals surface area contributed by atoms with Gasteiger partial charge >= 0.3 is 6.03 Å². The standard InChI is InChI=1S/C28H24Cl2N4O4S2/c1-16(2)20-5-3-4-6-23(20)32-25(35)15-38-19-10-7-17(8-11-19)13-24-26(36)34(28(39)40-24)33-27(37)31-18-9-12-21(29)22(30)14-18/h3-14,16H,15H2,1-2H3,(H,32,35)(H2,31,33,37)/b24-13+. The lowest BCUT2D eigenvalue weighted by molar-refractivity contribution is -0.123. The Kier molecular flexibility index (Phi) is 9.70. The van der Waals surface area contributed by atoms with Crippen molar-refractivity contribution < 1.29 is 19.1 Å². The van der Waals surface area contributed by atoms with Crippen LogP contribution in [-0.4, -0.2) is 33.8 Å². The molecular formula is C28H24Cl2N4O4S2. The van der Waals surface area contributed by atoms with Crippen LogP contribution in [0, 0.1) is 0 Å². The fourth-order valence-corrected chi connectivity index (χ4v) is 5.14. The summed E-state index contributed by atoms with van der Waals surface area (Å²) in [5.41, 5.74) is 5.36. The summed E-state index contributed by atoms with van der Waals surface area (Å²) < 4.78 is 5.79. The first kappa shape index (κ1) is 29.4. The number of halogens is 2. The van der Waals surface area contributed by atoms with Crippen LogP contribution in [0.15, 0.2) is 71.6 Å². The normalized spacial score (nSPS) is 14.0. The molecule has 3 N–H and O–H groups in total. The average molecular weight is 616 g/mol. The molecule has 4 rings (SSSR count). The highest BCUT2D eigenvalue weighted by molar-refractivity contribution is 8.26. The van der Waals surface area contributed by atoms with E-state index in [0.717, 1.165) is 28.0 Å². The summed E-state index contributed by atoms with van der Waals surface area (Å²) in [4.78, 5) is 38.0. The molecule has 0 bridgehead atoms. The van der Waals surface area contributed by atoms with E-state index in [9.17, 15) is 14.4 Å². The number of benzene rings is 3. The summed E-state index contributed by atoms with van der Waals surface area (Å²) in [6.45, 7) is 3.97. The maximum absolute atomic E-state index is 12.9. The number of carbonyl (C=O) groups excluding carboxylic acids is 3. The van der Waals surface area contributed by atoms with Gasteiger partial charge in [-0.15, -0.1) is 0 Å². The van der Waals surface area contributed by atoms with Crippen molar-refractivity contribution in [2.45, 2.75) is 19.8 Å². The third-order valence-electron chi connectivity index (χ3n) is 5.59. The fraction of sp³-hybridized carbons (Fsp3) is 0.143. The van der Waals surface area contributed by atoms with Gasteiger partial charge in [-0.05, 0) is 71.7 Å². The van der Waals surface area contributed by atoms with E-state index in [1.807, 2.05) is 24.3 Å². The summed E-state index contributed by atoms with van der Waals surface area (Å²) >= 11 is 18.2. The van der Waals surface area contributed by atoms with Crippen molar-refractivity contribution in [1.82, 2.24) is 10.4 Å². The van der Waals surface area contributed by atoms with Crippen LogP contribution >= 0.6 is 47.2 Å². The number of ether oxygens (including phenoxy) is 1. The third kappa shape index (κ3) is 7.54. The van der Waals surface area contributed by atoms with Gasteiger partial charge < -0.3 is 15.4 Å². The number of carbonyl (C=O) groups is 3. The molecule has 0 unspecified atom stereocenters. The molecule has 3 aromatic rings. The highest BCUT2D eigenvalue weighted by atomic mass is 35.5. The summed E-state index contributed by atoms with van der Waals surface area (Å²) in [5, 5.41) is 7.08. The van der Waals surface area contributed by atoms with Crippen molar-refractivity contribution in [3.63, 3.8) is 0 Å². The molecule has 0 saturated carbocycles. The number of rotatable bonds is 8. The van der Waals surface area contributed by atoms with Crippen LogP contribution < -0.4 is 20.8 Å². The number of para-hydroxylation sites is 1. The van der Waals surface area contributed by atoms with E-state index in [1.54, 1.807) is 42.5 Å². The van der Waals surface area contributed by atoms with Crippen LogP contribution in [0.5, 0.6) is 5.75 Å². The van der Waals surface area contributed by atoms with Gasteiger partial charge in [-0.25, -0.2) is 10.2 Å². The molecule has 206 valence electrons. The van der Waals surface area contributed by atoms with Crippen molar-refractivity contribution in [1.29, 1.82) is 0 Å². The van der Waals surface area contributed by atoms with Gasteiger partial charge in [0.05, 0.1) is 15.0 Å². The number of hydrogen-bond donors (Lipinski definition) is 3. The van der Waals surface area contributed by atoms with E-state index in [-0.39, 0.29) is 27.8 Å². The number of hydrazine groups is 1. The third-order valence-corrected chi connectivity index (χ3v) is 7.63. The summed E-state index contributed by atoms with van der Waals surface area (Å²) in [5.74, 6) is 0.0273. The molecule has 40 heavy (non-hydrogen) atoms. The minimum absolute atomic E-state index is 0.152. The van der Waals surface area contributed by atoms with Crippen molar-refractivity contribution in [2.75, 3.05) is 17.2 Å². The molecule has 0 aromatic heterocycles. The number of thioether (sulfide) groups is 1. The lowest BCUT2D eigenvalue weighted by Crippen LogP contribution is -2.46. The van der Waals surface area contributed by atoms with Crippen LogP contribution in [0.4, 0.5) is 16.2 Å². The molecule has 1 aliphatic heterocycles. The first-order valence-electron chi connectivity index (χ1n) is 12.0. The molecule has 3 aromatic carbocycles. The van der Waals surface area contributed by atoms with Crippen molar-refractivity contribution >= 4 is 86.8 Å². The van der Waals surface area contributed by atoms with E-state index < -0.39 is 11.9 Å². The highest BCUT2D eigenvalue weighted by Crippen LogP contribution is 2.32. The van der Waals surface area contributed by atoms with Gasteiger partial charge in [0.15, 0.2) is 10.9 Å². The van der Waals surface area contributed by atoms with Crippen LogP contribution in [-0.2, 0) is 9.59 Å². The molecule has 1 heterocycles. The molecule has 0 aliphatic carbocycles. The van der Waals surface area contributed by atoms with Gasteiger partial charge in [0.25, 0.3) is 11.8 Å². The number of nitrogens with zero attached hydrogens (tertiary/aromatic N) is 1. The maximum atomic E-state index is 12.9. The Bertz CT molecular complexity index is 1500. The predicted molar refractivity (Wildman–Crippen MR) is 165 cm³/mol. The zero-order valence-corrected chi connectivity index (χ0v) is 24.5. The van der Waals surface area contributed by atoms with E-state index in [0.29, 0.717) is 26.9 Å². The van der Waals surface area contributed by atoms with Crippen LogP contribution in [0.3, 0.4) is 0 Å². The van der Waals surface area contributed by atoms with Gasteiger partial charge in [-0.3, -0.25) is 9.59 Å². The van der Waals surface area contributed by atoms with E-state index in [1.165, 1.54) is 6.07 Å².